The number of hydrogen-bond donors (Lipinski definition) is 1. The topological polar surface area (TPSA) is 86.8 Å². The largest absolute Gasteiger partial charge is 0.352 e. The normalized spacial score (nSPS) is 16.6. The van der Waals surface area contributed by atoms with Gasteiger partial charge in [0.2, 0.25) is 11.8 Å². The summed E-state index contributed by atoms with van der Waals surface area (Å²) in [5, 5.41) is 3.08. The zero-order valence-electron chi connectivity index (χ0n) is 20.5. The zero-order chi connectivity index (χ0) is 25.7. The fourth-order valence-corrected chi connectivity index (χ4v) is 4.91. The van der Waals surface area contributed by atoms with Crippen molar-refractivity contribution in [2.75, 3.05) is 6.54 Å². The summed E-state index contributed by atoms with van der Waals surface area (Å²) in [6.07, 6.45) is 5.54. The lowest BCUT2D eigenvalue weighted by molar-refractivity contribution is -0.141. The van der Waals surface area contributed by atoms with E-state index in [0.29, 0.717) is 16.7 Å². The van der Waals surface area contributed by atoms with Crippen LogP contribution in [0.15, 0.2) is 48.5 Å². The number of fused-ring (bicyclic) bond motifs is 1. The molecule has 2 aromatic rings. The molecular formula is C28H32FN3O4. The summed E-state index contributed by atoms with van der Waals surface area (Å²) in [5.74, 6) is -1.56. The molecule has 2 aliphatic rings. The molecule has 2 aromatic carbocycles. The molecule has 4 amide bonds. The van der Waals surface area contributed by atoms with Crippen LogP contribution in [0.3, 0.4) is 0 Å². The third kappa shape index (κ3) is 5.80. The fraction of sp³-hybridized carbons (Fsp3) is 0.429. The second kappa shape index (κ2) is 11.5. The number of carbonyl (C=O) groups excluding carboxylic acids is 4. The number of benzene rings is 2. The summed E-state index contributed by atoms with van der Waals surface area (Å²) >= 11 is 0. The van der Waals surface area contributed by atoms with Gasteiger partial charge in [-0.2, -0.15) is 0 Å². The van der Waals surface area contributed by atoms with Crippen LogP contribution in [0.4, 0.5) is 4.39 Å². The highest BCUT2D eigenvalue weighted by molar-refractivity contribution is 6.21. The summed E-state index contributed by atoms with van der Waals surface area (Å²) in [6, 6.07) is 11.9. The van der Waals surface area contributed by atoms with Crippen molar-refractivity contribution in [2.45, 2.75) is 70.5 Å². The minimum absolute atomic E-state index is 0.0651. The Balaban J connectivity index is 1.40. The zero-order valence-corrected chi connectivity index (χ0v) is 20.5. The molecule has 0 unspecified atom stereocenters. The third-order valence-corrected chi connectivity index (χ3v) is 7.04. The van der Waals surface area contributed by atoms with Crippen molar-refractivity contribution < 1.29 is 23.6 Å². The van der Waals surface area contributed by atoms with Gasteiger partial charge in [-0.3, -0.25) is 24.1 Å². The number of nitrogens with one attached hydrogen (secondary N) is 1. The number of nitrogens with zero attached hydrogens (tertiary/aromatic N) is 2. The summed E-state index contributed by atoms with van der Waals surface area (Å²) < 4.78 is 13.4. The maximum atomic E-state index is 13.4. The Morgan fingerprint density at radius 3 is 2.22 bits per heavy atom. The number of halogens is 1. The van der Waals surface area contributed by atoms with Gasteiger partial charge in [-0.1, -0.05) is 43.5 Å². The predicted octanol–water partition coefficient (Wildman–Crippen LogP) is 4.07. The van der Waals surface area contributed by atoms with Gasteiger partial charge in [0.25, 0.3) is 11.8 Å². The quantitative estimate of drug-likeness (QED) is 0.534. The first-order chi connectivity index (χ1) is 17.3. The van der Waals surface area contributed by atoms with Crippen LogP contribution in [0.5, 0.6) is 0 Å². The molecule has 7 nitrogen and oxygen atoms in total. The van der Waals surface area contributed by atoms with Gasteiger partial charge in [-0.25, -0.2) is 4.39 Å². The molecule has 8 heteroatoms. The van der Waals surface area contributed by atoms with Crippen molar-refractivity contribution in [3.63, 3.8) is 0 Å². The van der Waals surface area contributed by atoms with E-state index in [1.54, 1.807) is 43.3 Å². The highest BCUT2D eigenvalue weighted by Crippen LogP contribution is 2.23. The first-order valence-electron chi connectivity index (χ1n) is 12.6. The highest BCUT2D eigenvalue weighted by atomic mass is 19.1. The van der Waals surface area contributed by atoms with Crippen molar-refractivity contribution in [3.8, 4) is 0 Å². The number of amides is 4. The predicted molar refractivity (Wildman–Crippen MR) is 132 cm³/mol. The molecule has 1 saturated carbocycles. The SMILES string of the molecule is C[C@H](C(=O)NC1CCCCC1)N(Cc1ccc(F)cc1)C(=O)CCCN1C(=O)c2ccccc2C1=O. The van der Waals surface area contributed by atoms with Crippen molar-refractivity contribution in [2.24, 2.45) is 0 Å². The monoisotopic (exact) mass is 493 g/mol. The molecule has 1 aliphatic carbocycles. The van der Waals surface area contributed by atoms with E-state index in [1.165, 1.54) is 28.4 Å². The Labute approximate surface area is 210 Å². The molecule has 1 heterocycles. The van der Waals surface area contributed by atoms with E-state index in [4.69, 9.17) is 0 Å². The molecule has 36 heavy (non-hydrogen) atoms. The van der Waals surface area contributed by atoms with Gasteiger partial charge in [0.15, 0.2) is 0 Å². The van der Waals surface area contributed by atoms with Crippen LogP contribution in [0.2, 0.25) is 0 Å². The first kappa shape index (κ1) is 25.5. The molecular weight excluding hydrogens is 461 g/mol. The molecule has 0 spiro atoms. The number of carbonyl (C=O) groups is 4. The lowest BCUT2D eigenvalue weighted by Crippen LogP contribution is -2.50. The van der Waals surface area contributed by atoms with Crippen LogP contribution >= 0.6 is 0 Å². The van der Waals surface area contributed by atoms with Crippen molar-refractivity contribution in [1.82, 2.24) is 15.1 Å². The van der Waals surface area contributed by atoms with E-state index in [0.717, 1.165) is 25.7 Å². The number of imide groups is 1. The first-order valence-corrected chi connectivity index (χ1v) is 12.6. The van der Waals surface area contributed by atoms with Gasteiger partial charge in [0.05, 0.1) is 11.1 Å². The standard InChI is InChI=1S/C28H32FN3O4/c1-19(26(34)30-22-8-3-2-4-9-22)32(18-20-13-15-21(29)16-14-20)25(33)12-7-17-31-27(35)23-10-5-6-11-24(23)28(31)36/h5-6,10-11,13-16,19,22H,2-4,7-9,12,17-18H2,1H3,(H,30,34)/t19-/m1/s1. The van der Waals surface area contributed by atoms with Gasteiger partial charge in [0, 0.05) is 25.6 Å². The van der Waals surface area contributed by atoms with E-state index < -0.39 is 6.04 Å². The average molecular weight is 494 g/mol. The van der Waals surface area contributed by atoms with E-state index in [-0.39, 0.29) is 61.4 Å². The van der Waals surface area contributed by atoms with Crippen LogP contribution in [-0.2, 0) is 16.1 Å². The van der Waals surface area contributed by atoms with Crippen molar-refractivity contribution >= 4 is 23.6 Å². The van der Waals surface area contributed by atoms with Gasteiger partial charge >= 0.3 is 0 Å². The Morgan fingerprint density at radius 1 is 1.00 bits per heavy atom. The Hall–Kier alpha value is -3.55. The molecule has 0 radical (unpaired) electrons. The molecule has 1 N–H and O–H groups in total. The van der Waals surface area contributed by atoms with Gasteiger partial charge < -0.3 is 10.2 Å². The molecule has 1 atom stereocenters. The number of hydrogen-bond acceptors (Lipinski definition) is 4. The number of rotatable bonds is 9. The molecule has 0 saturated heterocycles. The minimum Gasteiger partial charge on any atom is -0.352 e. The Morgan fingerprint density at radius 2 is 1.61 bits per heavy atom. The van der Waals surface area contributed by atoms with Crippen LogP contribution < -0.4 is 5.32 Å². The van der Waals surface area contributed by atoms with Crippen molar-refractivity contribution in [1.29, 1.82) is 0 Å². The van der Waals surface area contributed by atoms with Crippen LogP contribution in [-0.4, -0.2) is 52.1 Å². The molecule has 0 bridgehead atoms. The van der Waals surface area contributed by atoms with E-state index in [2.05, 4.69) is 5.32 Å². The summed E-state index contributed by atoms with van der Waals surface area (Å²) in [7, 11) is 0. The van der Waals surface area contributed by atoms with Crippen molar-refractivity contribution in [3.05, 3.63) is 71.0 Å². The summed E-state index contributed by atoms with van der Waals surface area (Å²) in [4.78, 5) is 54.2. The molecule has 1 aliphatic heterocycles. The summed E-state index contributed by atoms with van der Waals surface area (Å²) in [5.41, 5.74) is 1.46. The lowest BCUT2D eigenvalue weighted by atomic mass is 9.95. The van der Waals surface area contributed by atoms with Crippen LogP contribution in [0, 0.1) is 5.82 Å². The summed E-state index contributed by atoms with van der Waals surface area (Å²) in [6.45, 7) is 1.97. The maximum absolute atomic E-state index is 13.4. The third-order valence-electron chi connectivity index (χ3n) is 7.04. The second-order valence-corrected chi connectivity index (χ2v) is 9.58. The minimum atomic E-state index is -0.719. The second-order valence-electron chi connectivity index (χ2n) is 9.58. The van der Waals surface area contributed by atoms with E-state index >= 15 is 0 Å². The lowest BCUT2D eigenvalue weighted by Gasteiger charge is -2.31. The van der Waals surface area contributed by atoms with Crippen LogP contribution in [0.1, 0.15) is 78.1 Å². The molecule has 0 aromatic heterocycles. The van der Waals surface area contributed by atoms with Gasteiger partial charge in [-0.05, 0) is 56.0 Å². The molecule has 190 valence electrons. The smallest absolute Gasteiger partial charge is 0.261 e. The molecule has 4 rings (SSSR count). The molecule has 1 fully saturated rings. The Kier molecular flexibility index (Phi) is 8.13. The maximum Gasteiger partial charge on any atom is 0.261 e. The van der Waals surface area contributed by atoms with E-state index in [9.17, 15) is 23.6 Å². The fourth-order valence-electron chi connectivity index (χ4n) is 4.91. The highest BCUT2D eigenvalue weighted by Gasteiger charge is 2.35. The Bertz CT molecular complexity index is 1090. The average Bonchev–Trinajstić information content (AvgIpc) is 3.13. The van der Waals surface area contributed by atoms with E-state index in [1.807, 2.05) is 0 Å². The van der Waals surface area contributed by atoms with Gasteiger partial charge in [0.1, 0.15) is 11.9 Å². The van der Waals surface area contributed by atoms with Gasteiger partial charge in [-0.15, -0.1) is 0 Å². The van der Waals surface area contributed by atoms with Crippen LogP contribution in [0.25, 0.3) is 0 Å².